The summed E-state index contributed by atoms with van der Waals surface area (Å²) in [5.74, 6) is -1.07. The Morgan fingerprint density at radius 1 is 1.29 bits per heavy atom. The van der Waals surface area contributed by atoms with Crippen molar-refractivity contribution in [1.82, 2.24) is 4.90 Å². The Labute approximate surface area is 123 Å². The molecule has 0 radical (unpaired) electrons. The molecule has 1 amide bonds. The van der Waals surface area contributed by atoms with Gasteiger partial charge >= 0.3 is 5.97 Å². The Balaban J connectivity index is 1.91. The molecular weight excluding hydrogens is 270 g/mol. The molecule has 1 heterocycles. The summed E-state index contributed by atoms with van der Waals surface area (Å²) in [5.41, 5.74) is 1.05. The van der Waals surface area contributed by atoms with Crippen LogP contribution in [0.15, 0.2) is 18.2 Å². The average molecular weight is 289 g/mol. The van der Waals surface area contributed by atoms with Crippen molar-refractivity contribution in [3.8, 4) is 5.75 Å². The van der Waals surface area contributed by atoms with Gasteiger partial charge in [0.1, 0.15) is 11.8 Å². The summed E-state index contributed by atoms with van der Waals surface area (Å²) in [5, 5.41) is 19.4. The molecule has 1 aliphatic heterocycles. The number of benzene rings is 1. The summed E-state index contributed by atoms with van der Waals surface area (Å²) in [7, 11) is 0. The van der Waals surface area contributed by atoms with Gasteiger partial charge in [0.15, 0.2) is 0 Å². The zero-order valence-electron chi connectivity index (χ0n) is 12.0. The third-order valence-electron chi connectivity index (χ3n) is 4.79. The van der Waals surface area contributed by atoms with Crippen LogP contribution in [0.25, 0.3) is 0 Å². The van der Waals surface area contributed by atoms with Gasteiger partial charge in [-0.2, -0.15) is 0 Å². The predicted molar refractivity (Wildman–Crippen MR) is 76.1 cm³/mol. The minimum Gasteiger partial charge on any atom is -0.507 e. The van der Waals surface area contributed by atoms with Crippen molar-refractivity contribution in [3.05, 3.63) is 29.3 Å². The summed E-state index contributed by atoms with van der Waals surface area (Å²) in [6.45, 7) is 2.31. The third-order valence-corrected chi connectivity index (χ3v) is 4.79. The van der Waals surface area contributed by atoms with E-state index in [9.17, 15) is 19.8 Å². The molecule has 1 aromatic rings. The van der Waals surface area contributed by atoms with E-state index >= 15 is 0 Å². The van der Waals surface area contributed by atoms with Crippen LogP contribution in [0.3, 0.4) is 0 Å². The number of carboxylic acid groups (broad SMARTS) is 1. The van der Waals surface area contributed by atoms with E-state index in [1.165, 1.54) is 11.0 Å². The number of amides is 1. The summed E-state index contributed by atoms with van der Waals surface area (Å²) in [6.07, 6.45) is 2.89. The number of phenolic OH excluding ortho intramolecular Hbond substituents is 1. The first kappa shape index (κ1) is 13.9. The van der Waals surface area contributed by atoms with Crippen LogP contribution in [-0.2, 0) is 4.79 Å². The molecule has 112 valence electrons. The number of aromatic hydroxyl groups is 1. The number of carboxylic acids is 1. The van der Waals surface area contributed by atoms with Gasteiger partial charge in [-0.1, -0.05) is 12.5 Å². The minimum atomic E-state index is -0.940. The highest BCUT2D eigenvalue weighted by atomic mass is 16.4. The van der Waals surface area contributed by atoms with Crippen LogP contribution in [0, 0.1) is 18.8 Å². The molecule has 1 aromatic carbocycles. The highest BCUT2D eigenvalue weighted by Gasteiger charge is 2.49. The average Bonchev–Trinajstić information content (AvgIpc) is 2.96. The van der Waals surface area contributed by atoms with Crippen LogP contribution in [0.2, 0.25) is 0 Å². The molecule has 3 rings (SSSR count). The van der Waals surface area contributed by atoms with Crippen molar-refractivity contribution < 1.29 is 19.8 Å². The maximum Gasteiger partial charge on any atom is 0.326 e. The van der Waals surface area contributed by atoms with Gasteiger partial charge in [0.05, 0.1) is 5.56 Å². The first-order valence-corrected chi connectivity index (χ1v) is 7.32. The molecule has 2 aliphatic rings. The normalized spacial score (nSPS) is 27.7. The number of nitrogens with zero attached hydrogens (tertiary/aromatic N) is 1. The van der Waals surface area contributed by atoms with Crippen LogP contribution in [-0.4, -0.2) is 39.6 Å². The van der Waals surface area contributed by atoms with Crippen molar-refractivity contribution in [1.29, 1.82) is 0 Å². The van der Waals surface area contributed by atoms with Crippen molar-refractivity contribution >= 4 is 11.9 Å². The Morgan fingerprint density at radius 3 is 2.71 bits per heavy atom. The number of likely N-dealkylation sites (tertiary alicyclic amines) is 1. The number of fused-ring (bicyclic) bond motifs is 1. The second kappa shape index (κ2) is 5.06. The van der Waals surface area contributed by atoms with Gasteiger partial charge < -0.3 is 15.1 Å². The molecule has 2 N–H and O–H groups in total. The van der Waals surface area contributed by atoms with E-state index in [-0.39, 0.29) is 29.1 Å². The largest absolute Gasteiger partial charge is 0.507 e. The maximum atomic E-state index is 12.6. The quantitative estimate of drug-likeness (QED) is 0.873. The highest BCUT2D eigenvalue weighted by Crippen LogP contribution is 2.43. The Morgan fingerprint density at radius 2 is 2.05 bits per heavy atom. The van der Waals surface area contributed by atoms with Gasteiger partial charge in [0, 0.05) is 6.54 Å². The molecule has 0 spiro atoms. The molecule has 1 saturated heterocycles. The second-order valence-electron chi connectivity index (χ2n) is 6.12. The van der Waals surface area contributed by atoms with Crippen molar-refractivity contribution in [2.75, 3.05) is 6.54 Å². The number of hydrogen-bond acceptors (Lipinski definition) is 3. The fourth-order valence-electron chi connectivity index (χ4n) is 3.81. The van der Waals surface area contributed by atoms with Crippen molar-refractivity contribution in [2.24, 2.45) is 11.8 Å². The fraction of sp³-hybridized carbons (Fsp3) is 0.500. The summed E-state index contributed by atoms with van der Waals surface area (Å²) < 4.78 is 0. The van der Waals surface area contributed by atoms with E-state index in [1.54, 1.807) is 12.1 Å². The zero-order chi connectivity index (χ0) is 15.1. The lowest BCUT2D eigenvalue weighted by molar-refractivity contribution is -0.142. The molecule has 0 unspecified atom stereocenters. The first-order valence-electron chi connectivity index (χ1n) is 7.32. The zero-order valence-corrected chi connectivity index (χ0v) is 12.0. The van der Waals surface area contributed by atoms with Gasteiger partial charge in [-0.15, -0.1) is 0 Å². The van der Waals surface area contributed by atoms with Crippen LogP contribution in [0.5, 0.6) is 5.75 Å². The molecule has 0 aromatic heterocycles. The summed E-state index contributed by atoms with van der Waals surface area (Å²) >= 11 is 0. The Hall–Kier alpha value is -2.04. The van der Waals surface area contributed by atoms with E-state index in [0.717, 1.165) is 24.8 Å². The number of phenols is 1. The Bertz CT molecular complexity index is 598. The number of carbonyl (C=O) groups is 2. The van der Waals surface area contributed by atoms with E-state index in [4.69, 9.17) is 0 Å². The maximum absolute atomic E-state index is 12.6. The molecule has 1 aliphatic carbocycles. The van der Waals surface area contributed by atoms with Crippen molar-refractivity contribution in [2.45, 2.75) is 32.2 Å². The van der Waals surface area contributed by atoms with Crippen LogP contribution in [0.1, 0.15) is 35.2 Å². The predicted octanol–water partition coefficient (Wildman–Crippen LogP) is 2.03. The second-order valence-corrected chi connectivity index (χ2v) is 6.12. The molecule has 1 saturated carbocycles. The lowest BCUT2D eigenvalue weighted by Crippen LogP contribution is -2.43. The highest BCUT2D eigenvalue weighted by molar-refractivity contribution is 5.99. The van der Waals surface area contributed by atoms with Crippen molar-refractivity contribution in [3.63, 3.8) is 0 Å². The lowest BCUT2D eigenvalue weighted by Gasteiger charge is -2.24. The van der Waals surface area contributed by atoms with Gasteiger partial charge in [-0.25, -0.2) is 4.79 Å². The number of hydrogen-bond donors (Lipinski definition) is 2. The topological polar surface area (TPSA) is 77.8 Å². The van der Waals surface area contributed by atoms with Gasteiger partial charge in [0.2, 0.25) is 0 Å². The summed E-state index contributed by atoms with van der Waals surface area (Å²) in [4.78, 5) is 25.6. The van der Waals surface area contributed by atoms with E-state index in [2.05, 4.69) is 0 Å². The number of rotatable bonds is 2. The molecule has 2 fully saturated rings. The molecular formula is C16H19NO4. The third kappa shape index (κ3) is 2.26. The number of carbonyl (C=O) groups excluding carboxylic acids is 1. The first-order chi connectivity index (χ1) is 9.99. The van der Waals surface area contributed by atoms with E-state index < -0.39 is 12.0 Å². The van der Waals surface area contributed by atoms with E-state index in [1.807, 2.05) is 6.92 Å². The monoisotopic (exact) mass is 289 g/mol. The summed E-state index contributed by atoms with van der Waals surface area (Å²) in [6, 6.07) is 4.09. The number of aryl methyl sites for hydroxylation is 1. The number of aliphatic carboxylic acids is 1. The van der Waals surface area contributed by atoms with Gasteiger partial charge in [-0.3, -0.25) is 4.79 Å². The molecule has 3 atom stereocenters. The Kier molecular flexibility index (Phi) is 3.35. The van der Waals surface area contributed by atoms with Crippen LogP contribution < -0.4 is 0 Å². The fourth-order valence-corrected chi connectivity index (χ4v) is 3.81. The molecule has 5 heteroatoms. The SMILES string of the molecule is Cc1ccc(C(=O)N2C[C@@H]3CCC[C@H]3[C@@H]2C(=O)O)c(O)c1. The lowest BCUT2D eigenvalue weighted by atomic mass is 9.94. The van der Waals surface area contributed by atoms with Gasteiger partial charge in [0.25, 0.3) is 5.91 Å². The molecule has 21 heavy (non-hydrogen) atoms. The standard InChI is InChI=1S/C16H19NO4/c1-9-5-6-12(13(18)7-9)15(19)17-8-10-3-2-4-11(10)14(17)16(20)21/h5-7,10-11,14,18H,2-4,8H2,1H3,(H,20,21)/t10-,11+,14+/m0/s1. The van der Waals surface area contributed by atoms with Gasteiger partial charge in [-0.05, 0) is 49.3 Å². The minimum absolute atomic E-state index is 0.0547. The van der Waals surface area contributed by atoms with Crippen LogP contribution >= 0.6 is 0 Å². The smallest absolute Gasteiger partial charge is 0.326 e. The van der Waals surface area contributed by atoms with Crippen LogP contribution in [0.4, 0.5) is 0 Å². The molecule has 0 bridgehead atoms. The van der Waals surface area contributed by atoms with E-state index in [0.29, 0.717) is 6.54 Å². The molecule has 5 nitrogen and oxygen atoms in total.